The Labute approximate surface area is 108 Å². The molecule has 0 fully saturated rings. The standard InChI is InChI=1S/C10H7Cl3N2O/c11-7-4-6(5-8(12)10(7)13)15-3-1-2-9(16)14-15/h1,3-5H,2H2,(H,14,16). The monoisotopic (exact) mass is 276 g/mol. The minimum absolute atomic E-state index is 0.0929. The number of carbonyl (C=O) groups is 1. The van der Waals surface area contributed by atoms with Crippen molar-refractivity contribution >= 4 is 46.4 Å². The maximum Gasteiger partial charge on any atom is 0.242 e. The number of amides is 1. The number of hydrogen-bond donors (Lipinski definition) is 1. The molecule has 0 aromatic heterocycles. The topological polar surface area (TPSA) is 32.3 Å². The van der Waals surface area contributed by atoms with E-state index in [9.17, 15) is 4.79 Å². The first-order valence-corrected chi connectivity index (χ1v) is 5.61. The molecule has 0 saturated carbocycles. The molecule has 0 unspecified atom stereocenters. The van der Waals surface area contributed by atoms with Crippen LogP contribution in [0.1, 0.15) is 6.42 Å². The fourth-order valence-electron chi connectivity index (χ4n) is 1.31. The summed E-state index contributed by atoms with van der Waals surface area (Å²) < 4.78 is 0. The molecule has 0 spiro atoms. The van der Waals surface area contributed by atoms with E-state index in [-0.39, 0.29) is 5.91 Å². The molecule has 6 heteroatoms. The third-order valence-corrected chi connectivity index (χ3v) is 3.25. The van der Waals surface area contributed by atoms with Crippen LogP contribution in [0.15, 0.2) is 24.4 Å². The van der Waals surface area contributed by atoms with Gasteiger partial charge in [0.15, 0.2) is 0 Å². The van der Waals surface area contributed by atoms with Gasteiger partial charge in [-0.1, -0.05) is 40.9 Å². The van der Waals surface area contributed by atoms with Gasteiger partial charge in [0.25, 0.3) is 0 Å². The number of carbonyl (C=O) groups excluding carboxylic acids is 1. The van der Waals surface area contributed by atoms with Gasteiger partial charge < -0.3 is 0 Å². The summed E-state index contributed by atoms with van der Waals surface area (Å²) >= 11 is 17.6. The SMILES string of the molecule is O=C1CC=CN(c2cc(Cl)c(Cl)c(Cl)c2)N1. The highest BCUT2D eigenvalue weighted by atomic mass is 35.5. The second-order valence-electron chi connectivity index (χ2n) is 3.22. The van der Waals surface area contributed by atoms with E-state index in [4.69, 9.17) is 34.8 Å². The zero-order valence-corrected chi connectivity index (χ0v) is 10.3. The molecule has 16 heavy (non-hydrogen) atoms. The van der Waals surface area contributed by atoms with Crippen molar-refractivity contribution < 1.29 is 4.79 Å². The summed E-state index contributed by atoms with van der Waals surface area (Å²) in [6.45, 7) is 0. The van der Waals surface area contributed by atoms with E-state index in [2.05, 4.69) is 5.43 Å². The van der Waals surface area contributed by atoms with E-state index >= 15 is 0 Å². The van der Waals surface area contributed by atoms with E-state index in [0.29, 0.717) is 27.2 Å². The van der Waals surface area contributed by atoms with Crippen LogP contribution in [0.5, 0.6) is 0 Å². The van der Waals surface area contributed by atoms with Crippen molar-refractivity contribution in [2.45, 2.75) is 6.42 Å². The number of rotatable bonds is 1. The molecule has 1 aliphatic rings. The van der Waals surface area contributed by atoms with E-state index in [1.54, 1.807) is 29.4 Å². The Bertz CT molecular complexity index is 450. The minimum atomic E-state index is -0.0929. The number of hydrogen-bond acceptors (Lipinski definition) is 2. The second-order valence-corrected chi connectivity index (χ2v) is 4.41. The molecule has 84 valence electrons. The average Bonchev–Trinajstić information content (AvgIpc) is 2.25. The van der Waals surface area contributed by atoms with Crippen LogP contribution >= 0.6 is 34.8 Å². The van der Waals surface area contributed by atoms with Crippen LogP contribution in [0, 0.1) is 0 Å². The molecule has 0 saturated heterocycles. The molecule has 3 nitrogen and oxygen atoms in total. The molecule has 1 aromatic carbocycles. The third kappa shape index (κ3) is 2.26. The van der Waals surface area contributed by atoms with Crippen molar-refractivity contribution in [3.8, 4) is 0 Å². The predicted molar refractivity (Wildman–Crippen MR) is 65.9 cm³/mol. The molecule has 2 rings (SSSR count). The molecule has 1 aromatic rings. The third-order valence-electron chi connectivity index (χ3n) is 2.05. The van der Waals surface area contributed by atoms with Crippen molar-refractivity contribution in [1.82, 2.24) is 5.43 Å². The highest BCUT2D eigenvalue weighted by Gasteiger charge is 2.14. The molecule has 1 heterocycles. The van der Waals surface area contributed by atoms with Crippen molar-refractivity contribution in [3.63, 3.8) is 0 Å². The van der Waals surface area contributed by atoms with Gasteiger partial charge in [0, 0.05) is 12.6 Å². The maximum absolute atomic E-state index is 11.2. The van der Waals surface area contributed by atoms with E-state index in [1.165, 1.54) is 0 Å². The number of halogens is 3. The van der Waals surface area contributed by atoms with Crippen molar-refractivity contribution in [2.24, 2.45) is 0 Å². The number of nitrogens with one attached hydrogen (secondary N) is 1. The summed E-state index contributed by atoms with van der Waals surface area (Å²) in [6, 6.07) is 3.26. The highest BCUT2D eigenvalue weighted by Crippen LogP contribution is 2.34. The number of benzene rings is 1. The Kier molecular flexibility index (Phi) is 3.28. The number of nitrogens with zero attached hydrogens (tertiary/aromatic N) is 1. The minimum Gasteiger partial charge on any atom is -0.273 e. The summed E-state index contributed by atoms with van der Waals surface area (Å²) in [5.41, 5.74) is 3.31. The first kappa shape index (κ1) is 11.6. The largest absolute Gasteiger partial charge is 0.273 e. The summed E-state index contributed by atoms with van der Waals surface area (Å²) in [6.07, 6.45) is 3.85. The van der Waals surface area contributed by atoms with Gasteiger partial charge in [0.05, 0.1) is 20.8 Å². The lowest BCUT2D eigenvalue weighted by Crippen LogP contribution is -2.40. The Morgan fingerprint density at radius 3 is 2.38 bits per heavy atom. The van der Waals surface area contributed by atoms with Crippen molar-refractivity contribution in [3.05, 3.63) is 39.5 Å². The van der Waals surface area contributed by atoms with Gasteiger partial charge in [-0.05, 0) is 12.1 Å². The molecule has 0 bridgehead atoms. The normalized spacial score (nSPS) is 15.2. The van der Waals surface area contributed by atoms with Gasteiger partial charge in [0.2, 0.25) is 5.91 Å². The summed E-state index contributed by atoms with van der Waals surface area (Å²) in [5, 5.41) is 2.54. The smallest absolute Gasteiger partial charge is 0.242 e. The van der Waals surface area contributed by atoms with Gasteiger partial charge in [-0.15, -0.1) is 0 Å². The molecule has 1 amide bonds. The molecule has 0 aliphatic carbocycles. The molecule has 0 atom stereocenters. The van der Waals surface area contributed by atoms with Crippen LogP contribution in [-0.2, 0) is 4.79 Å². The van der Waals surface area contributed by atoms with Crippen LogP contribution in [0.25, 0.3) is 0 Å². The van der Waals surface area contributed by atoms with Gasteiger partial charge >= 0.3 is 0 Å². The van der Waals surface area contributed by atoms with E-state index < -0.39 is 0 Å². The fourth-order valence-corrected chi connectivity index (χ4v) is 1.90. The zero-order chi connectivity index (χ0) is 11.7. The molecule has 1 N–H and O–H groups in total. The van der Waals surface area contributed by atoms with Crippen molar-refractivity contribution in [1.29, 1.82) is 0 Å². The van der Waals surface area contributed by atoms with E-state index in [1.807, 2.05) is 0 Å². The van der Waals surface area contributed by atoms with Gasteiger partial charge in [-0.2, -0.15) is 0 Å². The van der Waals surface area contributed by atoms with E-state index in [0.717, 1.165) is 0 Å². The molecular formula is C10H7Cl3N2O. The zero-order valence-electron chi connectivity index (χ0n) is 8.01. The summed E-state index contributed by atoms with van der Waals surface area (Å²) in [7, 11) is 0. The van der Waals surface area contributed by atoms with Crippen LogP contribution < -0.4 is 10.4 Å². The van der Waals surface area contributed by atoms with Gasteiger partial charge in [-0.25, -0.2) is 0 Å². The Morgan fingerprint density at radius 2 is 1.81 bits per heavy atom. The quantitative estimate of drug-likeness (QED) is 0.798. The molecule has 0 radical (unpaired) electrons. The lowest BCUT2D eigenvalue weighted by molar-refractivity contribution is -0.120. The molecule has 1 aliphatic heterocycles. The van der Waals surface area contributed by atoms with Crippen LogP contribution in [0.2, 0.25) is 15.1 Å². The average molecular weight is 278 g/mol. The lowest BCUT2D eigenvalue weighted by Gasteiger charge is -2.24. The Hall–Kier alpha value is -0.900. The second kappa shape index (κ2) is 4.53. The Morgan fingerprint density at radius 1 is 1.19 bits per heavy atom. The molecular weight excluding hydrogens is 270 g/mol. The van der Waals surface area contributed by atoms with Crippen molar-refractivity contribution in [2.75, 3.05) is 5.01 Å². The first-order chi connectivity index (χ1) is 7.58. The Balaban J connectivity index is 2.37. The van der Waals surface area contributed by atoms with Crippen LogP contribution in [0.3, 0.4) is 0 Å². The number of anilines is 1. The van der Waals surface area contributed by atoms with Crippen LogP contribution in [-0.4, -0.2) is 5.91 Å². The lowest BCUT2D eigenvalue weighted by atomic mass is 10.3. The highest BCUT2D eigenvalue weighted by molar-refractivity contribution is 6.48. The van der Waals surface area contributed by atoms with Gasteiger partial charge in [-0.3, -0.25) is 15.2 Å². The van der Waals surface area contributed by atoms with Crippen LogP contribution in [0.4, 0.5) is 5.69 Å². The first-order valence-electron chi connectivity index (χ1n) is 4.48. The fraction of sp³-hybridized carbons (Fsp3) is 0.100. The summed E-state index contributed by atoms with van der Waals surface area (Å²) in [4.78, 5) is 11.2. The predicted octanol–water partition coefficient (Wildman–Crippen LogP) is 3.40. The van der Waals surface area contributed by atoms with Gasteiger partial charge in [0.1, 0.15) is 0 Å². The maximum atomic E-state index is 11.2. The number of hydrazine groups is 1. The summed E-state index contributed by atoms with van der Waals surface area (Å²) in [5.74, 6) is -0.0929.